The number of hydrogen-bond donors (Lipinski definition) is 1. The number of nitrogens with zero attached hydrogens (tertiary/aromatic N) is 1. The van der Waals surface area contributed by atoms with Gasteiger partial charge in [0.25, 0.3) is 0 Å². The van der Waals surface area contributed by atoms with E-state index in [0.29, 0.717) is 0 Å². The molecule has 0 saturated carbocycles. The summed E-state index contributed by atoms with van der Waals surface area (Å²) in [4.78, 5) is 3.67. The van der Waals surface area contributed by atoms with Gasteiger partial charge in [-0.3, -0.25) is 4.99 Å². The second-order valence-corrected chi connectivity index (χ2v) is 4.80. The van der Waals surface area contributed by atoms with Crippen LogP contribution in [0.4, 0.5) is 0 Å². The van der Waals surface area contributed by atoms with Crippen LogP contribution in [0.1, 0.15) is 40.5 Å². The van der Waals surface area contributed by atoms with Gasteiger partial charge in [-0.15, -0.1) is 0 Å². The van der Waals surface area contributed by atoms with Crippen molar-refractivity contribution in [1.82, 2.24) is 0 Å². The van der Waals surface area contributed by atoms with Gasteiger partial charge in [0.1, 0.15) is 0 Å². The molecule has 2 nitrogen and oxygen atoms in total. The van der Waals surface area contributed by atoms with Crippen molar-refractivity contribution < 1.29 is 5.11 Å². The van der Waals surface area contributed by atoms with E-state index in [2.05, 4.69) is 25.6 Å². The van der Waals surface area contributed by atoms with Crippen LogP contribution in [0, 0.1) is 5.41 Å². The fourth-order valence-electron chi connectivity index (χ4n) is 0.966. The maximum atomic E-state index is 9.55. The monoisotopic (exact) mass is 183 g/mol. The zero-order valence-electron chi connectivity index (χ0n) is 9.17. The molecule has 0 aromatic carbocycles. The molecule has 0 heterocycles. The molecule has 0 atom stereocenters. The molecule has 1 N–H and O–H groups in total. The molecule has 0 fully saturated rings. The third kappa shape index (κ3) is 7.72. The maximum Gasteiger partial charge on any atom is 0.0592 e. The summed E-state index contributed by atoms with van der Waals surface area (Å²) in [7, 11) is 0. The lowest BCUT2D eigenvalue weighted by Crippen LogP contribution is -2.21. The average Bonchev–Trinajstić information content (AvgIpc) is 1.97. The summed E-state index contributed by atoms with van der Waals surface area (Å²) in [6.07, 6.45) is 5.47. The Labute approximate surface area is 81.4 Å². The van der Waals surface area contributed by atoms with Gasteiger partial charge in [-0.25, -0.2) is 0 Å². The standard InChI is InChI=1S/C11H21NO/c1-10(2,8-9-12-5)6-7-11(3,4)13/h8-9,13H,5-7H2,1-4H3/b9-8-. The van der Waals surface area contributed by atoms with E-state index in [-0.39, 0.29) is 5.41 Å². The zero-order valence-corrected chi connectivity index (χ0v) is 9.17. The fourth-order valence-corrected chi connectivity index (χ4v) is 0.966. The first-order valence-corrected chi connectivity index (χ1v) is 4.63. The molecular formula is C11H21NO. The van der Waals surface area contributed by atoms with Crippen LogP contribution < -0.4 is 0 Å². The predicted molar refractivity (Wildman–Crippen MR) is 58.0 cm³/mol. The van der Waals surface area contributed by atoms with Crippen LogP contribution in [-0.4, -0.2) is 17.4 Å². The van der Waals surface area contributed by atoms with Crippen LogP contribution in [0.2, 0.25) is 0 Å². The molecule has 0 rings (SSSR count). The van der Waals surface area contributed by atoms with Crippen LogP contribution in [0.5, 0.6) is 0 Å². The lowest BCUT2D eigenvalue weighted by atomic mass is 9.84. The predicted octanol–water partition coefficient (Wildman–Crippen LogP) is 2.78. The Morgan fingerprint density at radius 2 is 1.77 bits per heavy atom. The SMILES string of the molecule is C=N/C=C\C(C)(C)CCC(C)(C)O. The summed E-state index contributed by atoms with van der Waals surface area (Å²) in [6.45, 7) is 11.3. The van der Waals surface area contributed by atoms with E-state index in [1.807, 2.05) is 19.9 Å². The third-order valence-electron chi connectivity index (χ3n) is 2.01. The smallest absolute Gasteiger partial charge is 0.0592 e. The average molecular weight is 183 g/mol. The van der Waals surface area contributed by atoms with Crippen molar-refractivity contribution in [2.75, 3.05) is 0 Å². The highest BCUT2D eigenvalue weighted by Gasteiger charge is 2.19. The molecule has 0 amide bonds. The van der Waals surface area contributed by atoms with E-state index in [1.165, 1.54) is 0 Å². The lowest BCUT2D eigenvalue weighted by Gasteiger charge is -2.25. The molecule has 13 heavy (non-hydrogen) atoms. The topological polar surface area (TPSA) is 32.6 Å². The van der Waals surface area contributed by atoms with Crippen molar-refractivity contribution in [3.8, 4) is 0 Å². The molecule has 0 aromatic rings. The number of aliphatic imine (C=N–C) groups is 1. The van der Waals surface area contributed by atoms with Crippen LogP contribution in [-0.2, 0) is 0 Å². The van der Waals surface area contributed by atoms with Crippen molar-refractivity contribution in [2.24, 2.45) is 10.4 Å². The molecule has 0 spiro atoms. The summed E-state index contributed by atoms with van der Waals surface area (Å²) in [6, 6.07) is 0. The molecule has 0 radical (unpaired) electrons. The van der Waals surface area contributed by atoms with Crippen LogP contribution >= 0.6 is 0 Å². The first-order chi connectivity index (χ1) is 5.77. The van der Waals surface area contributed by atoms with Gasteiger partial charge in [-0.2, -0.15) is 0 Å². The van der Waals surface area contributed by atoms with Gasteiger partial charge in [-0.1, -0.05) is 19.9 Å². The number of hydrogen-bond acceptors (Lipinski definition) is 2. The Kier molecular flexibility index (Phi) is 4.34. The third-order valence-corrected chi connectivity index (χ3v) is 2.01. The Hall–Kier alpha value is -0.630. The second-order valence-electron chi connectivity index (χ2n) is 4.80. The minimum atomic E-state index is -0.577. The summed E-state index contributed by atoms with van der Waals surface area (Å²) < 4.78 is 0. The normalized spacial score (nSPS) is 13.6. The maximum absolute atomic E-state index is 9.55. The summed E-state index contributed by atoms with van der Waals surface area (Å²) in [5.41, 5.74) is -0.492. The Morgan fingerprint density at radius 3 is 2.15 bits per heavy atom. The van der Waals surface area contributed by atoms with E-state index < -0.39 is 5.60 Å². The van der Waals surface area contributed by atoms with E-state index in [4.69, 9.17) is 0 Å². The Bertz CT molecular complexity index is 187. The molecule has 2 heteroatoms. The lowest BCUT2D eigenvalue weighted by molar-refractivity contribution is 0.0606. The highest BCUT2D eigenvalue weighted by atomic mass is 16.3. The molecule has 0 unspecified atom stereocenters. The van der Waals surface area contributed by atoms with Gasteiger partial charge in [0.15, 0.2) is 0 Å². The molecule has 0 aliphatic heterocycles. The Morgan fingerprint density at radius 1 is 1.23 bits per heavy atom. The van der Waals surface area contributed by atoms with Gasteiger partial charge in [0, 0.05) is 6.20 Å². The first kappa shape index (κ1) is 12.4. The molecule has 0 aliphatic carbocycles. The van der Waals surface area contributed by atoms with Crippen molar-refractivity contribution in [3.63, 3.8) is 0 Å². The fraction of sp³-hybridized carbons (Fsp3) is 0.727. The zero-order chi connectivity index (χ0) is 10.5. The molecule has 0 aliphatic rings. The highest BCUT2D eigenvalue weighted by molar-refractivity contribution is 5.25. The van der Waals surface area contributed by atoms with Crippen LogP contribution in [0.15, 0.2) is 17.3 Å². The Balaban J connectivity index is 4.03. The highest BCUT2D eigenvalue weighted by Crippen LogP contribution is 2.27. The van der Waals surface area contributed by atoms with Crippen molar-refractivity contribution in [1.29, 1.82) is 0 Å². The minimum Gasteiger partial charge on any atom is -0.390 e. The number of aliphatic hydroxyl groups is 1. The van der Waals surface area contributed by atoms with Gasteiger partial charge in [-0.05, 0) is 38.8 Å². The largest absolute Gasteiger partial charge is 0.390 e. The van der Waals surface area contributed by atoms with Gasteiger partial charge in [0.05, 0.1) is 5.60 Å². The van der Waals surface area contributed by atoms with E-state index >= 15 is 0 Å². The minimum absolute atomic E-state index is 0.0845. The van der Waals surface area contributed by atoms with Crippen LogP contribution in [0.3, 0.4) is 0 Å². The molecule has 0 bridgehead atoms. The van der Waals surface area contributed by atoms with Crippen molar-refractivity contribution in [2.45, 2.75) is 46.1 Å². The molecule has 0 aromatic heterocycles. The first-order valence-electron chi connectivity index (χ1n) is 4.63. The van der Waals surface area contributed by atoms with E-state index in [1.54, 1.807) is 6.20 Å². The van der Waals surface area contributed by atoms with Crippen molar-refractivity contribution >= 4 is 6.72 Å². The summed E-state index contributed by atoms with van der Waals surface area (Å²) >= 11 is 0. The van der Waals surface area contributed by atoms with Gasteiger partial charge < -0.3 is 5.11 Å². The van der Waals surface area contributed by atoms with E-state index in [0.717, 1.165) is 12.8 Å². The van der Waals surface area contributed by atoms with Crippen LogP contribution in [0.25, 0.3) is 0 Å². The molecule has 76 valence electrons. The number of rotatable bonds is 5. The van der Waals surface area contributed by atoms with Crippen molar-refractivity contribution in [3.05, 3.63) is 12.3 Å². The number of allylic oxidation sites excluding steroid dienone is 1. The summed E-state index contributed by atoms with van der Waals surface area (Å²) in [5, 5.41) is 9.55. The van der Waals surface area contributed by atoms with Gasteiger partial charge in [0.2, 0.25) is 0 Å². The van der Waals surface area contributed by atoms with E-state index in [9.17, 15) is 5.11 Å². The second kappa shape index (κ2) is 4.56. The van der Waals surface area contributed by atoms with Gasteiger partial charge >= 0.3 is 0 Å². The molecule has 0 saturated heterocycles. The summed E-state index contributed by atoms with van der Waals surface area (Å²) in [5.74, 6) is 0. The quantitative estimate of drug-likeness (QED) is 0.653. The molecular weight excluding hydrogens is 162 g/mol.